The van der Waals surface area contributed by atoms with Gasteiger partial charge in [-0.25, -0.2) is 4.79 Å². The Balaban J connectivity index is 2.21. The molecule has 5 heteroatoms. The van der Waals surface area contributed by atoms with Crippen LogP contribution in [0.15, 0.2) is 48.5 Å². The van der Waals surface area contributed by atoms with Gasteiger partial charge < -0.3 is 10.1 Å². The van der Waals surface area contributed by atoms with Gasteiger partial charge in [-0.2, -0.15) is 0 Å². The van der Waals surface area contributed by atoms with E-state index in [1.54, 1.807) is 36.4 Å². The molecule has 0 atom stereocenters. The number of rotatable bonds is 4. The van der Waals surface area contributed by atoms with Crippen molar-refractivity contribution < 1.29 is 14.3 Å². The summed E-state index contributed by atoms with van der Waals surface area (Å²) in [4.78, 5) is 23.9. The number of anilines is 1. The van der Waals surface area contributed by atoms with E-state index in [0.29, 0.717) is 16.8 Å². The first kappa shape index (κ1) is 15.3. The molecule has 0 saturated heterocycles. The molecule has 0 aliphatic heterocycles. The van der Waals surface area contributed by atoms with E-state index >= 15 is 0 Å². The summed E-state index contributed by atoms with van der Waals surface area (Å²) in [5.74, 6) is -0.756. The highest BCUT2D eigenvalue weighted by Gasteiger charge is 2.14. The fraction of sp³-hybridized carbons (Fsp3) is 0.125. The minimum Gasteiger partial charge on any atom is -0.465 e. The van der Waals surface area contributed by atoms with Gasteiger partial charge in [0.05, 0.1) is 18.4 Å². The average molecular weight is 348 g/mol. The molecule has 0 heterocycles. The number of carbonyl (C=O) groups is 2. The molecular formula is C16H14BrNO3. The third kappa shape index (κ3) is 3.70. The van der Waals surface area contributed by atoms with Crippen molar-refractivity contribution in [2.24, 2.45) is 0 Å². The van der Waals surface area contributed by atoms with Gasteiger partial charge in [-0.3, -0.25) is 4.79 Å². The van der Waals surface area contributed by atoms with Crippen molar-refractivity contribution >= 4 is 33.5 Å². The molecule has 4 nitrogen and oxygen atoms in total. The molecule has 0 aromatic heterocycles. The van der Waals surface area contributed by atoms with Gasteiger partial charge in [-0.05, 0) is 29.8 Å². The number of carbonyl (C=O) groups excluding carboxylic acids is 2. The summed E-state index contributed by atoms with van der Waals surface area (Å²) in [6, 6.07) is 14.0. The van der Waals surface area contributed by atoms with Crippen molar-refractivity contribution in [3.05, 3.63) is 65.2 Å². The minimum absolute atomic E-state index is 0.271. The van der Waals surface area contributed by atoms with Crippen LogP contribution in [0, 0.1) is 0 Å². The smallest absolute Gasteiger partial charge is 0.339 e. The third-order valence-corrected chi connectivity index (χ3v) is 3.60. The maximum absolute atomic E-state index is 12.2. The zero-order valence-corrected chi connectivity index (χ0v) is 13.0. The van der Waals surface area contributed by atoms with Gasteiger partial charge >= 0.3 is 5.97 Å². The Hall–Kier alpha value is -2.14. The van der Waals surface area contributed by atoms with E-state index in [0.717, 1.165) is 10.9 Å². The number of hydrogen-bond donors (Lipinski definition) is 1. The lowest BCUT2D eigenvalue weighted by molar-refractivity contribution is 0.0602. The van der Waals surface area contributed by atoms with Crippen LogP contribution in [0.1, 0.15) is 26.3 Å². The number of benzene rings is 2. The van der Waals surface area contributed by atoms with Gasteiger partial charge in [0.15, 0.2) is 0 Å². The monoisotopic (exact) mass is 347 g/mol. The summed E-state index contributed by atoms with van der Waals surface area (Å²) in [5.41, 5.74) is 2.37. The number of para-hydroxylation sites is 1. The summed E-state index contributed by atoms with van der Waals surface area (Å²) >= 11 is 3.35. The number of esters is 1. The van der Waals surface area contributed by atoms with Crippen LogP contribution in [-0.4, -0.2) is 19.0 Å². The van der Waals surface area contributed by atoms with E-state index in [2.05, 4.69) is 21.2 Å². The number of hydrogen-bond acceptors (Lipinski definition) is 3. The molecule has 0 bridgehead atoms. The molecule has 0 saturated carbocycles. The molecule has 0 fully saturated rings. The summed E-state index contributed by atoms with van der Waals surface area (Å²) in [7, 11) is 1.31. The standard InChI is InChI=1S/C16H14BrNO3/c1-21-16(20)13-4-2-3-5-14(13)18-15(19)12-8-6-11(10-17)7-9-12/h2-9H,10H2,1H3,(H,18,19). The average Bonchev–Trinajstić information content (AvgIpc) is 2.54. The molecule has 0 aliphatic carbocycles. The third-order valence-electron chi connectivity index (χ3n) is 2.95. The van der Waals surface area contributed by atoms with Crippen LogP contribution in [0.4, 0.5) is 5.69 Å². The number of methoxy groups -OCH3 is 1. The van der Waals surface area contributed by atoms with Crippen molar-refractivity contribution in [3.8, 4) is 0 Å². The molecule has 0 aliphatic rings. The highest BCUT2D eigenvalue weighted by Crippen LogP contribution is 2.17. The molecule has 2 rings (SSSR count). The molecule has 1 N–H and O–H groups in total. The van der Waals surface area contributed by atoms with Gasteiger partial charge in [0, 0.05) is 10.9 Å². The number of nitrogens with one attached hydrogen (secondary N) is 1. The van der Waals surface area contributed by atoms with Crippen molar-refractivity contribution in [1.29, 1.82) is 0 Å². The van der Waals surface area contributed by atoms with Crippen molar-refractivity contribution in [3.63, 3.8) is 0 Å². The van der Waals surface area contributed by atoms with Gasteiger partial charge in [-0.15, -0.1) is 0 Å². The van der Waals surface area contributed by atoms with Crippen molar-refractivity contribution in [2.75, 3.05) is 12.4 Å². The quantitative estimate of drug-likeness (QED) is 0.678. The maximum Gasteiger partial charge on any atom is 0.339 e. The van der Waals surface area contributed by atoms with Crippen LogP contribution in [0.3, 0.4) is 0 Å². The first-order valence-corrected chi connectivity index (χ1v) is 7.41. The second-order valence-electron chi connectivity index (χ2n) is 4.32. The molecule has 0 radical (unpaired) electrons. The number of halogens is 1. The normalized spacial score (nSPS) is 10.0. The van der Waals surface area contributed by atoms with Gasteiger partial charge in [0.1, 0.15) is 0 Å². The molecular weight excluding hydrogens is 334 g/mol. The SMILES string of the molecule is COC(=O)c1ccccc1NC(=O)c1ccc(CBr)cc1. The topological polar surface area (TPSA) is 55.4 Å². The van der Waals surface area contributed by atoms with Gasteiger partial charge in [-0.1, -0.05) is 40.2 Å². The van der Waals surface area contributed by atoms with Crippen LogP contribution in [0.25, 0.3) is 0 Å². The lowest BCUT2D eigenvalue weighted by atomic mass is 10.1. The van der Waals surface area contributed by atoms with E-state index in [1.807, 2.05) is 12.1 Å². The Morgan fingerprint density at radius 3 is 2.38 bits per heavy atom. The number of amides is 1. The minimum atomic E-state index is -0.486. The van der Waals surface area contributed by atoms with Gasteiger partial charge in [0.25, 0.3) is 5.91 Å². The van der Waals surface area contributed by atoms with E-state index < -0.39 is 5.97 Å². The Kier molecular flexibility index (Phi) is 5.11. The lowest BCUT2D eigenvalue weighted by Gasteiger charge is -2.09. The van der Waals surface area contributed by atoms with Crippen LogP contribution < -0.4 is 5.32 Å². The summed E-state index contributed by atoms with van der Waals surface area (Å²) < 4.78 is 4.70. The summed E-state index contributed by atoms with van der Waals surface area (Å²) in [6.07, 6.45) is 0. The van der Waals surface area contributed by atoms with E-state index in [9.17, 15) is 9.59 Å². The van der Waals surface area contributed by atoms with E-state index in [4.69, 9.17) is 4.74 Å². The maximum atomic E-state index is 12.2. The fourth-order valence-electron chi connectivity index (χ4n) is 1.82. The Morgan fingerprint density at radius 2 is 1.76 bits per heavy atom. The van der Waals surface area contributed by atoms with E-state index in [1.165, 1.54) is 7.11 Å². The Bertz CT molecular complexity index is 653. The second-order valence-corrected chi connectivity index (χ2v) is 4.88. The molecule has 0 unspecified atom stereocenters. The Morgan fingerprint density at radius 1 is 1.10 bits per heavy atom. The zero-order valence-electron chi connectivity index (χ0n) is 11.4. The highest BCUT2D eigenvalue weighted by molar-refractivity contribution is 9.08. The Labute approximate surface area is 131 Å². The van der Waals surface area contributed by atoms with Crippen molar-refractivity contribution in [2.45, 2.75) is 5.33 Å². The number of ether oxygens (including phenoxy) is 1. The predicted molar refractivity (Wildman–Crippen MR) is 84.8 cm³/mol. The van der Waals surface area contributed by atoms with Crippen LogP contribution in [-0.2, 0) is 10.1 Å². The van der Waals surface area contributed by atoms with Crippen molar-refractivity contribution in [1.82, 2.24) is 0 Å². The summed E-state index contributed by atoms with van der Waals surface area (Å²) in [6.45, 7) is 0. The van der Waals surface area contributed by atoms with Crippen LogP contribution in [0.2, 0.25) is 0 Å². The molecule has 1 amide bonds. The fourth-order valence-corrected chi connectivity index (χ4v) is 2.19. The molecule has 21 heavy (non-hydrogen) atoms. The number of alkyl halides is 1. The van der Waals surface area contributed by atoms with Crippen LogP contribution in [0.5, 0.6) is 0 Å². The zero-order chi connectivity index (χ0) is 15.2. The second kappa shape index (κ2) is 7.04. The molecule has 2 aromatic rings. The van der Waals surface area contributed by atoms with Gasteiger partial charge in [0.2, 0.25) is 0 Å². The molecule has 108 valence electrons. The van der Waals surface area contributed by atoms with Crippen LogP contribution >= 0.6 is 15.9 Å². The first-order valence-electron chi connectivity index (χ1n) is 6.29. The summed E-state index contributed by atoms with van der Waals surface area (Å²) in [5, 5.41) is 3.46. The first-order chi connectivity index (χ1) is 10.2. The predicted octanol–water partition coefficient (Wildman–Crippen LogP) is 3.62. The molecule has 0 spiro atoms. The molecule has 2 aromatic carbocycles. The lowest BCUT2D eigenvalue weighted by Crippen LogP contribution is -2.15. The highest BCUT2D eigenvalue weighted by atomic mass is 79.9. The van der Waals surface area contributed by atoms with E-state index in [-0.39, 0.29) is 5.91 Å². The largest absolute Gasteiger partial charge is 0.465 e.